The molecule has 2 N–H and O–H groups in total. The Hall–Kier alpha value is -1.28. The molecule has 0 saturated carbocycles. The Morgan fingerprint density at radius 2 is 1.96 bits per heavy atom. The lowest BCUT2D eigenvalue weighted by Gasteiger charge is -2.12. The van der Waals surface area contributed by atoms with Crippen LogP contribution in [0.4, 0.5) is 0 Å². The van der Waals surface area contributed by atoms with Crippen molar-refractivity contribution in [2.24, 2.45) is 12.0 Å². The molecule has 0 aliphatic heterocycles. The van der Waals surface area contributed by atoms with E-state index in [0.717, 1.165) is 48.2 Å². The van der Waals surface area contributed by atoms with E-state index in [9.17, 15) is 0 Å². The number of hydrogen-bond acceptors (Lipinski definition) is 2. The zero-order valence-corrected chi connectivity index (χ0v) is 19.1. The molecule has 0 amide bonds. The minimum Gasteiger partial charge on any atom is -0.357 e. The van der Waals surface area contributed by atoms with Crippen LogP contribution < -0.4 is 10.6 Å². The van der Waals surface area contributed by atoms with Crippen molar-refractivity contribution in [2.75, 3.05) is 6.54 Å². The van der Waals surface area contributed by atoms with Gasteiger partial charge in [-0.15, -0.1) is 24.0 Å². The minimum absolute atomic E-state index is 0. The predicted octanol–water partition coefficient (Wildman–Crippen LogP) is 4.07. The van der Waals surface area contributed by atoms with E-state index in [1.807, 2.05) is 36.0 Å². The fourth-order valence-corrected chi connectivity index (χ4v) is 3.13. The number of halogens is 2. The summed E-state index contributed by atoms with van der Waals surface area (Å²) in [6.07, 6.45) is 1.90. The van der Waals surface area contributed by atoms with E-state index in [4.69, 9.17) is 11.6 Å². The first-order valence-electron chi connectivity index (χ1n) is 8.89. The predicted molar refractivity (Wildman–Crippen MR) is 120 cm³/mol. The number of aryl methyl sites for hydroxylation is 2. The number of hydrogen-bond donors (Lipinski definition) is 2. The van der Waals surface area contributed by atoms with Gasteiger partial charge in [0.25, 0.3) is 0 Å². The zero-order chi connectivity index (χ0) is 18.2. The van der Waals surface area contributed by atoms with E-state index in [1.165, 1.54) is 11.3 Å². The summed E-state index contributed by atoms with van der Waals surface area (Å²) in [5, 5.41) is 12.1. The molecular weight excluding hydrogens is 461 g/mol. The molecule has 0 fully saturated rings. The minimum atomic E-state index is 0. The second kappa shape index (κ2) is 11.4. The lowest BCUT2D eigenvalue weighted by Crippen LogP contribution is -2.37. The quantitative estimate of drug-likeness (QED) is 0.350. The molecule has 2 aromatic rings. The molecular formula is C19H29ClIN5. The van der Waals surface area contributed by atoms with Crippen LogP contribution in [0.15, 0.2) is 29.3 Å². The standard InChI is InChI=1S/C19H28ClN5.HI/c1-5-17-16(18(6-2)25(4)24-17)13-23-19(21-7-3)22-12-14-9-8-10-15(20)11-14;/h8-11H,5-7,12-13H2,1-4H3,(H2,21,22,23);1H. The highest BCUT2D eigenvalue weighted by Gasteiger charge is 2.13. The van der Waals surface area contributed by atoms with Crippen LogP contribution in [0.1, 0.15) is 43.3 Å². The highest BCUT2D eigenvalue weighted by atomic mass is 127. The maximum atomic E-state index is 6.04. The van der Waals surface area contributed by atoms with Gasteiger partial charge in [-0.2, -0.15) is 5.10 Å². The number of nitrogens with zero attached hydrogens (tertiary/aromatic N) is 3. The highest BCUT2D eigenvalue weighted by molar-refractivity contribution is 14.0. The van der Waals surface area contributed by atoms with Crippen molar-refractivity contribution >= 4 is 41.5 Å². The molecule has 0 aliphatic carbocycles. The van der Waals surface area contributed by atoms with Crippen LogP contribution in [0.25, 0.3) is 0 Å². The summed E-state index contributed by atoms with van der Waals surface area (Å²) >= 11 is 6.04. The molecule has 0 atom stereocenters. The first-order chi connectivity index (χ1) is 12.1. The molecule has 2 rings (SSSR count). The lowest BCUT2D eigenvalue weighted by molar-refractivity contribution is 0.702. The van der Waals surface area contributed by atoms with Crippen molar-refractivity contribution in [3.8, 4) is 0 Å². The van der Waals surface area contributed by atoms with Crippen LogP contribution in [0.3, 0.4) is 0 Å². The van der Waals surface area contributed by atoms with Crippen molar-refractivity contribution in [3.63, 3.8) is 0 Å². The third-order valence-electron chi connectivity index (χ3n) is 4.11. The number of aliphatic imine (C=N–C) groups is 1. The second-order valence-electron chi connectivity index (χ2n) is 5.88. The lowest BCUT2D eigenvalue weighted by atomic mass is 10.1. The number of rotatable bonds is 7. The van der Waals surface area contributed by atoms with Crippen molar-refractivity contribution < 1.29 is 0 Å². The van der Waals surface area contributed by atoms with Crippen LogP contribution >= 0.6 is 35.6 Å². The first kappa shape index (κ1) is 22.8. The Kier molecular flexibility index (Phi) is 10.0. The smallest absolute Gasteiger partial charge is 0.191 e. The third-order valence-corrected chi connectivity index (χ3v) is 4.35. The van der Waals surface area contributed by atoms with E-state index >= 15 is 0 Å². The molecule has 1 heterocycles. The fraction of sp³-hybridized carbons (Fsp3) is 0.474. The van der Waals surface area contributed by atoms with Crippen molar-refractivity contribution in [1.82, 2.24) is 20.4 Å². The van der Waals surface area contributed by atoms with Gasteiger partial charge in [-0.3, -0.25) is 4.68 Å². The summed E-state index contributed by atoms with van der Waals surface area (Å²) in [4.78, 5) is 4.67. The average molecular weight is 490 g/mol. The highest BCUT2D eigenvalue weighted by Crippen LogP contribution is 2.15. The van der Waals surface area contributed by atoms with E-state index in [1.54, 1.807) is 0 Å². The van der Waals surface area contributed by atoms with E-state index in [-0.39, 0.29) is 24.0 Å². The van der Waals surface area contributed by atoms with Gasteiger partial charge in [0.2, 0.25) is 0 Å². The second-order valence-corrected chi connectivity index (χ2v) is 6.32. The fourth-order valence-electron chi connectivity index (χ4n) is 2.91. The molecule has 0 bridgehead atoms. The molecule has 144 valence electrons. The molecule has 0 aliphatic rings. The Morgan fingerprint density at radius 1 is 1.19 bits per heavy atom. The van der Waals surface area contributed by atoms with Gasteiger partial charge in [0.15, 0.2) is 5.96 Å². The Morgan fingerprint density at radius 3 is 2.58 bits per heavy atom. The Labute approximate surface area is 178 Å². The Balaban J connectivity index is 0.00000338. The average Bonchev–Trinajstić information content (AvgIpc) is 2.92. The summed E-state index contributed by atoms with van der Waals surface area (Å²) in [5.74, 6) is 0.801. The summed E-state index contributed by atoms with van der Waals surface area (Å²) < 4.78 is 1.99. The van der Waals surface area contributed by atoms with E-state index in [2.05, 4.69) is 41.5 Å². The molecule has 0 spiro atoms. The molecule has 7 heteroatoms. The van der Waals surface area contributed by atoms with Gasteiger partial charge in [0.05, 0.1) is 12.2 Å². The number of aromatic nitrogens is 2. The van der Waals surface area contributed by atoms with Crippen LogP contribution in [0.2, 0.25) is 5.02 Å². The largest absolute Gasteiger partial charge is 0.357 e. The van der Waals surface area contributed by atoms with Crippen LogP contribution in [-0.4, -0.2) is 22.3 Å². The summed E-state index contributed by atoms with van der Waals surface area (Å²) in [6.45, 7) is 8.50. The first-order valence-corrected chi connectivity index (χ1v) is 9.27. The topological polar surface area (TPSA) is 54.2 Å². The van der Waals surface area contributed by atoms with Gasteiger partial charge in [-0.25, -0.2) is 4.99 Å². The van der Waals surface area contributed by atoms with Gasteiger partial charge >= 0.3 is 0 Å². The Bertz CT molecular complexity index is 727. The third kappa shape index (κ3) is 6.16. The molecule has 5 nitrogen and oxygen atoms in total. The van der Waals surface area contributed by atoms with Gasteiger partial charge in [-0.05, 0) is 37.5 Å². The van der Waals surface area contributed by atoms with Gasteiger partial charge in [-0.1, -0.05) is 37.6 Å². The number of benzene rings is 1. The molecule has 0 unspecified atom stereocenters. The molecule has 26 heavy (non-hydrogen) atoms. The number of guanidine groups is 1. The van der Waals surface area contributed by atoms with Crippen molar-refractivity contribution in [1.29, 1.82) is 0 Å². The summed E-state index contributed by atoms with van der Waals surface area (Å²) in [6, 6.07) is 7.80. The van der Waals surface area contributed by atoms with Gasteiger partial charge in [0.1, 0.15) is 0 Å². The summed E-state index contributed by atoms with van der Waals surface area (Å²) in [5.41, 5.74) is 4.79. The van der Waals surface area contributed by atoms with Gasteiger partial charge in [0, 0.05) is 36.4 Å². The zero-order valence-electron chi connectivity index (χ0n) is 16.0. The maximum absolute atomic E-state index is 6.04. The maximum Gasteiger partial charge on any atom is 0.191 e. The van der Waals surface area contributed by atoms with Crippen molar-refractivity contribution in [3.05, 3.63) is 51.8 Å². The monoisotopic (exact) mass is 489 g/mol. The van der Waals surface area contributed by atoms with Crippen LogP contribution in [0.5, 0.6) is 0 Å². The van der Waals surface area contributed by atoms with Crippen molar-refractivity contribution in [2.45, 2.75) is 46.7 Å². The molecule has 0 saturated heterocycles. The van der Waals surface area contributed by atoms with Crippen LogP contribution in [0, 0.1) is 0 Å². The SMILES string of the molecule is CCNC(=NCc1cccc(Cl)c1)NCc1c(CC)nn(C)c1CC.I. The molecule has 0 radical (unpaired) electrons. The van der Waals surface area contributed by atoms with E-state index < -0.39 is 0 Å². The number of nitrogens with one attached hydrogen (secondary N) is 2. The molecule has 1 aromatic heterocycles. The molecule has 1 aromatic carbocycles. The van der Waals surface area contributed by atoms with Gasteiger partial charge < -0.3 is 10.6 Å². The normalized spacial score (nSPS) is 11.2. The van der Waals surface area contributed by atoms with Crippen LogP contribution in [-0.2, 0) is 33.0 Å². The van der Waals surface area contributed by atoms with E-state index in [0.29, 0.717) is 6.54 Å². The summed E-state index contributed by atoms with van der Waals surface area (Å²) in [7, 11) is 2.01.